The summed E-state index contributed by atoms with van der Waals surface area (Å²) in [6, 6.07) is 23.4. The lowest BCUT2D eigenvalue weighted by Crippen LogP contribution is -2.46. The smallest absolute Gasteiger partial charge is 0.117 e. The molecule has 2 nitrogen and oxygen atoms in total. The first-order valence-electron chi connectivity index (χ1n) is 12.8. The number of nitrogens with zero attached hydrogens (tertiary/aromatic N) is 1. The van der Waals surface area contributed by atoms with Gasteiger partial charge in [-0.2, -0.15) is 0 Å². The summed E-state index contributed by atoms with van der Waals surface area (Å²) in [6.07, 6.45) is 4.55. The Morgan fingerprint density at radius 3 is 2.51 bits per heavy atom. The van der Waals surface area contributed by atoms with Gasteiger partial charge in [0.1, 0.15) is 5.75 Å². The molecule has 1 fully saturated rings. The van der Waals surface area contributed by atoms with E-state index in [9.17, 15) is 5.11 Å². The summed E-state index contributed by atoms with van der Waals surface area (Å²) in [5.41, 5.74) is 7.52. The van der Waals surface area contributed by atoms with Crippen molar-refractivity contribution in [3.05, 3.63) is 106 Å². The Morgan fingerprint density at radius 1 is 1.03 bits per heavy atom. The van der Waals surface area contributed by atoms with E-state index in [1.807, 2.05) is 6.07 Å². The van der Waals surface area contributed by atoms with Gasteiger partial charge in [-0.3, -0.25) is 0 Å². The number of hydrogen-bond acceptors (Lipinski definition) is 3. The number of likely N-dealkylation sites (tertiary alicyclic amines) is 1. The van der Waals surface area contributed by atoms with Crippen LogP contribution in [0.25, 0.3) is 15.7 Å². The zero-order valence-electron chi connectivity index (χ0n) is 20.9. The van der Waals surface area contributed by atoms with Gasteiger partial charge in [0.15, 0.2) is 0 Å². The van der Waals surface area contributed by atoms with Crippen LogP contribution >= 0.6 is 11.3 Å². The quantitative estimate of drug-likeness (QED) is 0.263. The van der Waals surface area contributed by atoms with E-state index in [4.69, 9.17) is 0 Å². The Balaban J connectivity index is 1.34. The number of fused-ring (bicyclic) bond motifs is 1. The first kappa shape index (κ1) is 23.8. The van der Waals surface area contributed by atoms with E-state index in [1.165, 1.54) is 70.6 Å². The fourth-order valence-corrected chi connectivity index (χ4v) is 6.48. The number of aryl methyl sites for hydroxylation is 2. The van der Waals surface area contributed by atoms with Crippen molar-refractivity contribution in [2.45, 2.75) is 39.5 Å². The predicted molar refractivity (Wildman–Crippen MR) is 151 cm³/mol. The molecule has 0 atom stereocenters. The van der Waals surface area contributed by atoms with Crippen LogP contribution in [0.15, 0.2) is 73.3 Å². The second-order valence-corrected chi connectivity index (χ2v) is 11.1. The van der Waals surface area contributed by atoms with E-state index in [-0.39, 0.29) is 0 Å². The fourth-order valence-electron chi connectivity index (χ4n) is 5.24. The van der Waals surface area contributed by atoms with Crippen LogP contribution in [0.4, 0.5) is 0 Å². The lowest BCUT2D eigenvalue weighted by molar-refractivity contribution is 0.0967. The van der Waals surface area contributed by atoms with E-state index < -0.39 is 0 Å². The third-order valence-electron chi connectivity index (χ3n) is 7.47. The average molecular weight is 482 g/mol. The zero-order valence-corrected chi connectivity index (χ0v) is 21.7. The van der Waals surface area contributed by atoms with Gasteiger partial charge in [0, 0.05) is 22.7 Å². The van der Waals surface area contributed by atoms with Gasteiger partial charge in [-0.1, -0.05) is 68.5 Å². The first-order valence-corrected chi connectivity index (χ1v) is 13.6. The number of aromatic hydroxyl groups is 1. The van der Waals surface area contributed by atoms with Gasteiger partial charge < -0.3 is 10.0 Å². The molecule has 4 aromatic rings. The van der Waals surface area contributed by atoms with Gasteiger partial charge in [-0.05, 0) is 95.6 Å². The molecular weight excluding hydrogens is 446 g/mol. The molecule has 2 heterocycles. The Bertz CT molecular complexity index is 1330. The molecule has 1 aromatic heterocycles. The molecule has 35 heavy (non-hydrogen) atoms. The van der Waals surface area contributed by atoms with Crippen molar-refractivity contribution in [1.82, 2.24) is 4.90 Å². The molecule has 0 spiro atoms. The number of benzene rings is 3. The van der Waals surface area contributed by atoms with E-state index in [1.54, 1.807) is 17.4 Å². The van der Waals surface area contributed by atoms with Crippen molar-refractivity contribution >= 4 is 27.0 Å². The summed E-state index contributed by atoms with van der Waals surface area (Å²) in [7, 11) is 0. The molecule has 0 amide bonds. The average Bonchev–Trinajstić information content (AvgIpc) is 3.18. The van der Waals surface area contributed by atoms with Crippen LogP contribution in [0.3, 0.4) is 0 Å². The molecule has 0 radical (unpaired) electrons. The molecule has 1 saturated heterocycles. The van der Waals surface area contributed by atoms with Gasteiger partial charge in [0.05, 0.1) is 0 Å². The van der Waals surface area contributed by atoms with Crippen molar-refractivity contribution in [1.29, 1.82) is 0 Å². The van der Waals surface area contributed by atoms with Crippen LogP contribution in [-0.4, -0.2) is 29.6 Å². The van der Waals surface area contributed by atoms with Gasteiger partial charge in [-0.15, -0.1) is 11.3 Å². The molecule has 3 heteroatoms. The topological polar surface area (TPSA) is 23.5 Å². The maximum absolute atomic E-state index is 10.1. The van der Waals surface area contributed by atoms with Gasteiger partial charge in [-0.25, -0.2) is 0 Å². The van der Waals surface area contributed by atoms with Crippen LogP contribution in [0.2, 0.25) is 0 Å². The minimum atomic E-state index is 0.311. The van der Waals surface area contributed by atoms with Crippen LogP contribution < -0.4 is 0 Å². The normalized spacial score (nSPS) is 14.3. The molecular formula is C32H35NOS. The fraction of sp³-hybridized carbons (Fsp3) is 0.312. The van der Waals surface area contributed by atoms with E-state index in [0.717, 1.165) is 29.0 Å². The predicted octanol–water partition coefficient (Wildman–Crippen LogP) is 7.84. The summed E-state index contributed by atoms with van der Waals surface area (Å²) in [5.74, 6) is 1.24. The Kier molecular flexibility index (Phi) is 7.08. The maximum Gasteiger partial charge on any atom is 0.117 e. The molecule has 0 aliphatic carbocycles. The summed E-state index contributed by atoms with van der Waals surface area (Å²) >= 11 is 1.73. The molecule has 0 saturated carbocycles. The number of thiophene rings is 1. The highest BCUT2D eigenvalue weighted by atomic mass is 32.1. The first-order chi connectivity index (χ1) is 17.0. The third-order valence-corrected chi connectivity index (χ3v) is 8.73. The number of phenolic OH excluding ortho intramolecular Hbond substituents is 1. The second kappa shape index (κ2) is 10.4. The number of phenols is 1. The highest BCUT2D eigenvalue weighted by molar-refractivity contribution is 7.20. The van der Waals surface area contributed by atoms with Crippen molar-refractivity contribution < 1.29 is 5.11 Å². The largest absolute Gasteiger partial charge is 0.508 e. The van der Waals surface area contributed by atoms with Crippen LogP contribution in [0.5, 0.6) is 5.75 Å². The Hall–Kier alpha value is -2.88. The van der Waals surface area contributed by atoms with E-state index in [2.05, 4.69) is 79.9 Å². The molecule has 0 bridgehead atoms. The van der Waals surface area contributed by atoms with Crippen LogP contribution in [-0.2, 0) is 12.8 Å². The SMILES string of the molecule is C=C(c1ccccc1C)c1sc2cc(O)ccc2c1Cc1ccc(CCCN2CC(CC)C2)cc1. The van der Waals surface area contributed by atoms with E-state index in [0.29, 0.717) is 5.75 Å². The van der Waals surface area contributed by atoms with Crippen molar-refractivity contribution in [2.24, 2.45) is 5.92 Å². The van der Waals surface area contributed by atoms with Crippen LogP contribution in [0.1, 0.15) is 52.5 Å². The molecule has 5 rings (SSSR count). The minimum Gasteiger partial charge on any atom is -0.508 e. The molecule has 0 unspecified atom stereocenters. The Morgan fingerprint density at radius 2 is 1.77 bits per heavy atom. The number of rotatable bonds is 9. The lowest BCUT2D eigenvalue weighted by atomic mass is 9.94. The van der Waals surface area contributed by atoms with Gasteiger partial charge in [0.25, 0.3) is 0 Å². The zero-order chi connectivity index (χ0) is 24.4. The van der Waals surface area contributed by atoms with Gasteiger partial charge in [0.2, 0.25) is 0 Å². The monoisotopic (exact) mass is 481 g/mol. The van der Waals surface area contributed by atoms with Crippen molar-refractivity contribution in [2.75, 3.05) is 19.6 Å². The summed E-state index contributed by atoms with van der Waals surface area (Å²) in [6.45, 7) is 12.7. The summed E-state index contributed by atoms with van der Waals surface area (Å²) in [4.78, 5) is 3.80. The maximum atomic E-state index is 10.1. The highest BCUT2D eigenvalue weighted by Crippen LogP contribution is 2.40. The molecule has 3 aromatic carbocycles. The van der Waals surface area contributed by atoms with Crippen molar-refractivity contribution in [3.63, 3.8) is 0 Å². The second-order valence-electron chi connectivity index (χ2n) is 10.0. The summed E-state index contributed by atoms with van der Waals surface area (Å²) < 4.78 is 1.11. The molecule has 1 aliphatic rings. The highest BCUT2D eigenvalue weighted by Gasteiger charge is 2.23. The standard InChI is InChI=1S/C32H35NOS/c1-4-24-20-33(21-24)17-7-9-25-11-13-26(14-12-25)18-30-29-16-15-27(34)19-31(29)35-32(30)23(3)28-10-6-5-8-22(28)2/h5-6,8,10-16,19,24,34H,3-4,7,9,17-18,20-21H2,1-2H3. The lowest BCUT2D eigenvalue weighted by Gasteiger charge is -2.38. The van der Waals surface area contributed by atoms with Crippen LogP contribution in [0, 0.1) is 12.8 Å². The third kappa shape index (κ3) is 5.22. The molecule has 1 N–H and O–H groups in total. The van der Waals surface area contributed by atoms with Crippen molar-refractivity contribution in [3.8, 4) is 5.75 Å². The molecule has 180 valence electrons. The summed E-state index contributed by atoms with van der Waals surface area (Å²) in [5, 5.41) is 11.3. The Labute approximate surface area is 213 Å². The molecule has 1 aliphatic heterocycles. The number of hydrogen-bond donors (Lipinski definition) is 1. The minimum absolute atomic E-state index is 0.311. The van der Waals surface area contributed by atoms with Gasteiger partial charge >= 0.3 is 0 Å². The van der Waals surface area contributed by atoms with E-state index >= 15 is 0 Å².